The zero-order chi connectivity index (χ0) is 14.4. The van der Waals surface area contributed by atoms with Gasteiger partial charge in [0.2, 0.25) is 5.91 Å². The number of amides is 1. The Morgan fingerprint density at radius 2 is 2.30 bits per heavy atom. The number of carbonyl (C=O) groups is 1. The maximum Gasteiger partial charge on any atom is 0.228 e. The van der Waals surface area contributed by atoms with Gasteiger partial charge in [0.25, 0.3) is 0 Å². The smallest absolute Gasteiger partial charge is 0.228 e. The molecular weight excluding hydrogens is 272 g/mol. The fourth-order valence-corrected chi connectivity index (χ4v) is 3.09. The molecule has 1 aliphatic rings. The van der Waals surface area contributed by atoms with E-state index >= 15 is 0 Å². The maximum atomic E-state index is 12.7. The lowest BCUT2D eigenvalue weighted by Gasteiger charge is -2.30. The van der Waals surface area contributed by atoms with E-state index < -0.39 is 0 Å². The molecule has 1 fully saturated rings. The Morgan fingerprint density at radius 1 is 1.45 bits per heavy atom. The summed E-state index contributed by atoms with van der Waals surface area (Å²) in [6.45, 7) is 3.78. The molecular formula is C15H24N2O2S. The lowest BCUT2D eigenvalue weighted by atomic mass is 10.0. The van der Waals surface area contributed by atoms with E-state index in [0.717, 1.165) is 39.1 Å². The molecule has 1 aromatic rings. The zero-order valence-corrected chi connectivity index (χ0v) is 13.2. The predicted octanol–water partition coefficient (Wildman–Crippen LogP) is 2.06. The number of hydrogen-bond acceptors (Lipinski definition) is 4. The van der Waals surface area contributed by atoms with Crippen molar-refractivity contribution in [3.63, 3.8) is 0 Å². The summed E-state index contributed by atoms with van der Waals surface area (Å²) >= 11 is 1.71. The summed E-state index contributed by atoms with van der Waals surface area (Å²) < 4.78 is 5.46. The summed E-state index contributed by atoms with van der Waals surface area (Å²) in [6.07, 6.45) is 1.96. The number of likely N-dealkylation sites (N-methyl/N-ethyl adjacent to an activating group) is 1. The second-order valence-corrected chi connectivity index (χ2v) is 6.59. The van der Waals surface area contributed by atoms with Gasteiger partial charge in [-0.2, -0.15) is 0 Å². The first kappa shape index (κ1) is 15.5. The van der Waals surface area contributed by atoms with Gasteiger partial charge in [-0.15, -0.1) is 11.3 Å². The number of ether oxygens (including phenoxy) is 1. The molecule has 0 bridgehead atoms. The molecule has 0 unspecified atom stereocenters. The molecule has 2 heterocycles. The van der Waals surface area contributed by atoms with Crippen molar-refractivity contribution in [2.24, 2.45) is 5.92 Å². The van der Waals surface area contributed by atoms with Crippen LogP contribution >= 0.6 is 11.3 Å². The highest BCUT2D eigenvalue weighted by molar-refractivity contribution is 7.09. The van der Waals surface area contributed by atoms with Crippen LogP contribution in [0.5, 0.6) is 0 Å². The van der Waals surface area contributed by atoms with Crippen molar-refractivity contribution < 1.29 is 9.53 Å². The Kier molecular flexibility index (Phi) is 6.01. The summed E-state index contributed by atoms with van der Waals surface area (Å²) in [5.74, 6) is 0.297. The molecule has 2 rings (SSSR count). The van der Waals surface area contributed by atoms with Gasteiger partial charge in [0.15, 0.2) is 0 Å². The number of nitrogens with zero attached hydrogens (tertiary/aromatic N) is 2. The molecule has 112 valence electrons. The van der Waals surface area contributed by atoms with Crippen LogP contribution in [-0.2, 0) is 16.1 Å². The topological polar surface area (TPSA) is 32.8 Å². The largest absolute Gasteiger partial charge is 0.381 e. The van der Waals surface area contributed by atoms with Crippen molar-refractivity contribution >= 4 is 17.2 Å². The summed E-state index contributed by atoms with van der Waals surface area (Å²) in [6, 6.07) is 4.14. The molecule has 1 amide bonds. The van der Waals surface area contributed by atoms with E-state index in [4.69, 9.17) is 4.74 Å². The molecule has 0 saturated carbocycles. The van der Waals surface area contributed by atoms with Gasteiger partial charge in [-0.3, -0.25) is 4.79 Å². The van der Waals surface area contributed by atoms with Gasteiger partial charge in [-0.1, -0.05) is 6.07 Å². The Bertz CT molecular complexity index is 400. The molecule has 20 heavy (non-hydrogen) atoms. The fourth-order valence-electron chi connectivity index (χ4n) is 2.37. The van der Waals surface area contributed by atoms with Crippen LogP contribution in [0.3, 0.4) is 0 Å². The first-order chi connectivity index (χ1) is 9.66. The van der Waals surface area contributed by atoms with Gasteiger partial charge in [0.1, 0.15) is 0 Å². The highest BCUT2D eigenvalue weighted by Crippen LogP contribution is 2.19. The zero-order valence-electron chi connectivity index (χ0n) is 12.4. The van der Waals surface area contributed by atoms with Crippen LogP contribution in [0.15, 0.2) is 17.5 Å². The number of hydrogen-bond donors (Lipinski definition) is 0. The third-order valence-electron chi connectivity index (χ3n) is 3.57. The molecule has 4 nitrogen and oxygen atoms in total. The SMILES string of the molecule is CN(C)CCN(Cc1cccs1)C(=O)[C@H]1CCCOC1. The van der Waals surface area contributed by atoms with Gasteiger partial charge in [0.05, 0.1) is 19.1 Å². The third-order valence-corrected chi connectivity index (χ3v) is 4.43. The first-order valence-electron chi connectivity index (χ1n) is 7.20. The van der Waals surface area contributed by atoms with E-state index in [2.05, 4.69) is 16.3 Å². The second-order valence-electron chi connectivity index (χ2n) is 5.56. The van der Waals surface area contributed by atoms with Crippen LogP contribution in [0.2, 0.25) is 0 Å². The number of carbonyl (C=O) groups excluding carboxylic acids is 1. The minimum absolute atomic E-state index is 0.0471. The lowest BCUT2D eigenvalue weighted by Crippen LogP contribution is -2.42. The van der Waals surface area contributed by atoms with Gasteiger partial charge in [-0.25, -0.2) is 0 Å². The van der Waals surface area contributed by atoms with Gasteiger partial charge < -0.3 is 14.5 Å². The number of rotatable bonds is 6. The highest BCUT2D eigenvalue weighted by Gasteiger charge is 2.26. The molecule has 1 aliphatic heterocycles. The van der Waals surface area contributed by atoms with Gasteiger partial charge in [-0.05, 0) is 38.4 Å². The van der Waals surface area contributed by atoms with Crippen molar-refractivity contribution in [1.29, 1.82) is 0 Å². The van der Waals surface area contributed by atoms with E-state index in [-0.39, 0.29) is 11.8 Å². The van der Waals surface area contributed by atoms with Crippen molar-refractivity contribution in [1.82, 2.24) is 9.80 Å². The Morgan fingerprint density at radius 3 is 2.90 bits per heavy atom. The highest BCUT2D eigenvalue weighted by atomic mass is 32.1. The van der Waals surface area contributed by atoms with E-state index in [9.17, 15) is 4.79 Å². The molecule has 0 aromatic carbocycles. The van der Waals surface area contributed by atoms with E-state index in [1.807, 2.05) is 25.1 Å². The summed E-state index contributed by atoms with van der Waals surface area (Å²) in [5.41, 5.74) is 0. The number of thiophene rings is 1. The average molecular weight is 296 g/mol. The quantitative estimate of drug-likeness (QED) is 0.805. The van der Waals surface area contributed by atoms with Crippen molar-refractivity contribution in [2.75, 3.05) is 40.4 Å². The minimum Gasteiger partial charge on any atom is -0.381 e. The molecule has 0 spiro atoms. The Hall–Kier alpha value is -0.910. The van der Waals surface area contributed by atoms with E-state index in [1.165, 1.54) is 4.88 Å². The van der Waals surface area contributed by atoms with Crippen LogP contribution < -0.4 is 0 Å². The lowest BCUT2D eigenvalue weighted by molar-refractivity contribution is -0.140. The minimum atomic E-state index is 0.0471. The Labute approximate surface area is 125 Å². The molecule has 1 aromatic heterocycles. The van der Waals surface area contributed by atoms with Crippen molar-refractivity contribution in [2.45, 2.75) is 19.4 Å². The third kappa shape index (κ3) is 4.58. The average Bonchev–Trinajstić information content (AvgIpc) is 2.96. The molecule has 0 radical (unpaired) electrons. The van der Waals surface area contributed by atoms with Crippen LogP contribution in [0.25, 0.3) is 0 Å². The van der Waals surface area contributed by atoms with Gasteiger partial charge in [0, 0.05) is 24.6 Å². The standard InChI is InChI=1S/C15H24N2O2S/c1-16(2)7-8-17(11-14-6-4-10-20-14)15(18)13-5-3-9-19-12-13/h4,6,10,13H,3,5,7-9,11-12H2,1-2H3/t13-/m0/s1. The predicted molar refractivity (Wildman–Crippen MR) is 81.8 cm³/mol. The molecule has 1 saturated heterocycles. The summed E-state index contributed by atoms with van der Waals surface area (Å²) in [5, 5.41) is 2.06. The van der Waals surface area contributed by atoms with Crippen LogP contribution in [-0.4, -0.2) is 56.1 Å². The van der Waals surface area contributed by atoms with Crippen LogP contribution in [0.1, 0.15) is 17.7 Å². The molecule has 1 atom stereocenters. The Balaban J connectivity index is 1.98. The van der Waals surface area contributed by atoms with Gasteiger partial charge >= 0.3 is 0 Å². The second kappa shape index (κ2) is 7.76. The van der Waals surface area contributed by atoms with Crippen LogP contribution in [0.4, 0.5) is 0 Å². The van der Waals surface area contributed by atoms with Crippen LogP contribution in [0, 0.1) is 5.92 Å². The molecule has 0 aliphatic carbocycles. The molecule has 5 heteroatoms. The van der Waals surface area contributed by atoms with Crippen molar-refractivity contribution in [3.05, 3.63) is 22.4 Å². The molecule has 0 N–H and O–H groups in total. The van der Waals surface area contributed by atoms with E-state index in [0.29, 0.717) is 6.61 Å². The normalized spacial score (nSPS) is 19.2. The van der Waals surface area contributed by atoms with E-state index in [1.54, 1.807) is 11.3 Å². The monoisotopic (exact) mass is 296 g/mol. The first-order valence-corrected chi connectivity index (χ1v) is 8.08. The summed E-state index contributed by atoms with van der Waals surface area (Å²) in [7, 11) is 4.08. The maximum absolute atomic E-state index is 12.7. The van der Waals surface area contributed by atoms with Crippen molar-refractivity contribution in [3.8, 4) is 0 Å². The summed E-state index contributed by atoms with van der Waals surface area (Å²) in [4.78, 5) is 18.0. The fraction of sp³-hybridized carbons (Fsp3) is 0.667.